The fourth-order valence-electron chi connectivity index (χ4n) is 2.98. The maximum Gasteiger partial charge on any atom is 0.409 e. The van der Waals surface area contributed by atoms with E-state index in [1.165, 1.54) is 22.5 Å². The third kappa shape index (κ3) is 5.77. The van der Waals surface area contributed by atoms with Crippen LogP contribution < -0.4 is 5.43 Å². The van der Waals surface area contributed by atoms with E-state index in [-0.39, 0.29) is 16.6 Å². The van der Waals surface area contributed by atoms with E-state index in [4.69, 9.17) is 4.74 Å². The number of likely N-dealkylation sites (tertiary alicyclic amines) is 1. The zero-order valence-electron chi connectivity index (χ0n) is 17.1. The molecule has 0 spiro atoms. The number of nitrogens with zero attached hydrogens (tertiary/aromatic N) is 3. The highest BCUT2D eigenvalue weighted by atomic mass is 32.2. The number of hydrazone groups is 1. The quantitative estimate of drug-likeness (QED) is 0.674. The lowest BCUT2D eigenvalue weighted by Crippen LogP contribution is -2.39. The monoisotopic (exact) mass is 424 g/mol. The summed E-state index contributed by atoms with van der Waals surface area (Å²) < 4.78 is 31.6. The Hall–Kier alpha value is -2.46. The van der Waals surface area contributed by atoms with Crippen molar-refractivity contribution in [1.29, 1.82) is 0 Å². The van der Waals surface area contributed by atoms with Gasteiger partial charge in [0.1, 0.15) is 0 Å². The standard InChI is InChI=1S/C19H28N4O5S/c1-4-23(5-2)29(26,27)17-9-7-8-15(14-17)18(24)21-20-16-10-12-22(13-11-16)19(25)28-6-3/h7-9,14H,4-6,10-13H2,1-3H3,(H,21,24). The molecule has 0 unspecified atom stereocenters. The van der Waals surface area contributed by atoms with E-state index >= 15 is 0 Å². The van der Waals surface area contributed by atoms with Gasteiger partial charge in [0.25, 0.3) is 5.91 Å². The number of hydrogen-bond donors (Lipinski definition) is 1. The topological polar surface area (TPSA) is 108 Å². The van der Waals surface area contributed by atoms with Crippen molar-refractivity contribution in [2.24, 2.45) is 5.10 Å². The first kappa shape index (κ1) is 22.8. The molecule has 160 valence electrons. The van der Waals surface area contributed by atoms with Crippen molar-refractivity contribution in [3.8, 4) is 0 Å². The highest BCUT2D eigenvalue weighted by Gasteiger charge is 2.23. The van der Waals surface area contributed by atoms with Crippen LogP contribution in [0.2, 0.25) is 0 Å². The van der Waals surface area contributed by atoms with Gasteiger partial charge < -0.3 is 9.64 Å². The lowest BCUT2D eigenvalue weighted by Gasteiger charge is -2.26. The second-order valence-corrected chi connectivity index (χ2v) is 8.36. The third-order valence-electron chi connectivity index (χ3n) is 4.62. The normalized spacial score (nSPS) is 14.6. The SMILES string of the molecule is CCOC(=O)N1CCC(=NNC(=O)c2cccc(S(=O)(=O)N(CC)CC)c2)CC1. The molecule has 0 atom stereocenters. The van der Waals surface area contributed by atoms with Crippen molar-refractivity contribution < 1.29 is 22.7 Å². The minimum Gasteiger partial charge on any atom is -0.450 e. The first-order valence-corrected chi connectivity index (χ1v) is 11.1. The number of rotatable bonds is 7. The molecule has 2 amide bonds. The summed E-state index contributed by atoms with van der Waals surface area (Å²) in [6.07, 6.45) is 0.729. The summed E-state index contributed by atoms with van der Waals surface area (Å²) in [6, 6.07) is 5.91. The van der Waals surface area contributed by atoms with Gasteiger partial charge in [0, 0.05) is 50.3 Å². The van der Waals surface area contributed by atoms with Gasteiger partial charge in [-0.3, -0.25) is 4.79 Å². The molecule has 0 aliphatic carbocycles. The van der Waals surface area contributed by atoms with Gasteiger partial charge in [-0.15, -0.1) is 0 Å². The maximum absolute atomic E-state index is 12.6. The molecule has 1 saturated heterocycles. The summed E-state index contributed by atoms with van der Waals surface area (Å²) >= 11 is 0. The molecule has 9 nitrogen and oxygen atoms in total. The van der Waals surface area contributed by atoms with Gasteiger partial charge in [-0.05, 0) is 25.1 Å². The Morgan fingerprint density at radius 2 is 1.83 bits per heavy atom. The maximum atomic E-state index is 12.6. The van der Waals surface area contributed by atoms with Gasteiger partial charge >= 0.3 is 6.09 Å². The molecule has 1 aliphatic rings. The van der Waals surface area contributed by atoms with Gasteiger partial charge in [-0.2, -0.15) is 9.41 Å². The number of hydrogen-bond acceptors (Lipinski definition) is 6. The van der Waals surface area contributed by atoms with E-state index in [0.717, 1.165) is 5.71 Å². The van der Waals surface area contributed by atoms with E-state index < -0.39 is 15.9 Å². The van der Waals surface area contributed by atoms with E-state index in [9.17, 15) is 18.0 Å². The van der Waals surface area contributed by atoms with Crippen LogP contribution in [0.15, 0.2) is 34.3 Å². The number of piperidine rings is 1. The predicted molar refractivity (Wildman–Crippen MR) is 109 cm³/mol. The molecule has 10 heteroatoms. The summed E-state index contributed by atoms with van der Waals surface area (Å²) in [7, 11) is -3.64. The van der Waals surface area contributed by atoms with E-state index in [0.29, 0.717) is 45.6 Å². The lowest BCUT2D eigenvalue weighted by molar-refractivity contribution is 0.0951. The fourth-order valence-corrected chi connectivity index (χ4v) is 4.48. The van der Waals surface area contributed by atoms with E-state index in [1.807, 2.05) is 0 Å². The summed E-state index contributed by atoms with van der Waals surface area (Å²) in [4.78, 5) is 25.8. The molecule has 2 rings (SSSR count). The van der Waals surface area contributed by atoms with Crippen LogP contribution in [-0.2, 0) is 14.8 Å². The molecular weight excluding hydrogens is 396 g/mol. The average Bonchev–Trinajstić information content (AvgIpc) is 2.73. The third-order valence-corrected chi connectivity index (χ3v) is 6.67. The number of carbonyl (C=O) groups excluding carboxylic acids is 2. The van der Waals surface area contributed by atoms with Crippen LogP contribution in [0.3, 0.4) is 0 Å². The summed E-state index contributed by atoms with van der Waals surface area (Å²) in [5.41, 5.74) is 3.46. The number of carbonyl (C=O) groups is 2. The first-order valence-electron chi connectivity index (χ1n) is 9.71. The van der Waals surface area contributed by atoms with Crippen molar-refractivity contribution in [3.63, 3.8) is 0 Å². The number of nitrogens with one attached hydrogen (secondary N) is 1. The van der Waals surface area contributed by atoms with Gasteiger partial charge in [0.15, 0.2) is 0 Å². The molecule has 0 saturated carbocycles. The molecule has 0 bridgehead atoms. The zero-order valence-corrected chi connectivity index (χ0v) is 17.9. The number of benzene rings is 1. The van der Waals surface area contributed by atoms with Crippen molar-refractivity contribution in [1.82, 2.24) is 14.6 Å². The molecule has 1 N–H and O–H groups in total. The van der Waals surface area contributed by atoms with Crippen LogP contribution in [-0.4, -0.2) is 68.1 Å². The fraction of sp³-hybridized carbons (Fsp3) is 0.526. The van der Waals surface area contributed by atoms with Crippen molar-refractivity contribution >= 4 is 27.7 Å². The largest absolute Gasteiger partial charge is 0.450 e. The lowest BCUT2D eigenvalue weighted by atomic mass is 10.1. The molecule has 1 aliphatic heterocycles. The van der Waals surface area contributed by atoms with Crippen LogP contribution in [0.4, 0.5) is 4.79 Å². The van der Waals surface area contributed by atoms with Crippen LogP contribution in [0.1, 0.15) is 44.0 Å². The Labute approximate surface area is 171 Å². The molecule has 0 radical (unpaired) electrons. The van der Waals surface area contributed by atoms with Crippen LogP contribution in [0, 0.1) is 0 Å². The Balaban J connectivity index is 2.02. The number of sulfonamides is 1. The summed E-state index contributed by atoms with van der Waals surface area (Å²) in [6.45, 7) is 7.28. The second-order valence-electron chi connectivity index (χ2n) is 6.42. The second kappa shape index (κ2) is 10.4. The highest BCUT2D eigenvalue weighted by molar-refractivity contribution is 7.89. The number of ether oxygens (including phenoxy) is 1. The Kier molecular flexibility index (Phi) is 8.15. The molecule has 0 aromatic heterocycles. The Morgan fingerprint density at radius 1 is 1.17 bits per heavy atom. The van der Waals surface area contributed by atoms with E-state index in [1.54, 1.807) is 31.7 Å². The molecule has 1 heterocycles. The molecule has 29 heavy (non-hydrogen) atoms. The minimum atomic E-state index is -3.64. The van der Waals surface area contributed by atoms with Gasteiger partial charge in [-0.25, -0.2) is 18.6 Å². The average molecular weight is 425 g/mol. The van der Waals surface area contributed by atoms with Crippen molar-refractivity contribution in [3.05, 3.63) is 29.8 Å². The first-order chi connectivity index (χ1) is 13.8. The predicted octanol–water partition coefficient (Wildman–Crippen LogP) is 2.06. The smallest absolute Gasteiger partial charge is 0.409 e. The summed E-state index contributed by atoms with van der Waals surface area (Å²) in [5, 5.41) is 4.14. The van der Waals surface area contributed by atoms with E-state index in [2.05, 4.69) is 10.5 Å². The molecule has 1 aromatic carbocycles. The molecular formula is C19H28N4O5S. The molecule has 1 aromatic rings. The van der Waals surface area contributed by atoms with Crippen molar-refractivity contribution in [2.75, 3.05) is 32.8 Å². The van der Waals surface area contributed by atoms with Crippen LogP contribution >= 0.6 is 0 Å². The van der Waals surface area contributed by atoms with Crippen LogP contribution in [0.25, 0.3) is 0 Å². The van der Waals surface area contributed by atoms with Crippen LogP contribution in [0.5, 0.6) is 0 Å². The summed E-state index contributed by atoms with van der Waals surface area (Å²) in [5.74, 6) is -0.484. The van der Waals surface area contributed by atoms with Gasteiger partial charge in [0.05, 0.1) is 11.5 Å². The van der Waals surface area contributed by atoms with Gasteiger partial charge in [-0.1, -0.05) is 19.9 Å². The highest BCUT2D eigenvalue weighted by Crippen LogP contribution is 2.17. The van der Waals surface area contributed by atoms with Crippen molar-refractivity contribution in [2.45, 2.75) is 38.5 Å². The van der Waals surface area contributed by atoms with Gasteiger partial charge in [0.2, 0.25) is 10.0 Å². The molecule has 1 fully saturated rings. The Bertz CT molecular complexity index is 855. The zero-order chi connectivity index (χ0) is 21.4. The Morgan fingerprint density at radius 3 is 2.41 bits per heavy atom. The minimum absolute atomic E-state index is 0.0734. The number of amides is 2.